The first-order chi connectivity index (χ1) is 18.6. The molecule has 8 nitrogen and oxygen atoms in total. The summed E-state index contributed by atoms with van der Waals surface area (Å²) in [4.78, 5) is 32.8. The SMILES string of the molecule is Cc1ccc(-c2ccnc3nc(C4NNC5CCC(c6cncc(NC(=O)C7CCCC7)c6)CC54)[nH]c23)s1. The number of hydrogen-bond donors (Lipinski definition) is 4. The molecule has 0 bridgehead atoms. The predicted molar refractivity (Wildman–Crippen MR) is 150 cm³/mol. The van der Waals surface area contributed by atoms with Gasteiger partial charge in [0.25, 0.3) is 0 Å². The Labute approximate surface area is 226 Å². The summed E-state index contributed by atoms with van der Waals surface area (Å²) in [5.74, 6) is 2.00. The largest absolute Gasteiger partial charge is 0.339 e. The standard InChI is InChI=1S/C29H33N7OS/c1-16-6-9-24(38-16)21-10-11-31-27-25(21)33-28(34-27)26-22-13-18(7-8-23(22)35-36-26)19-12-20(15-30-14-19)32-29(37)17-4-2-3-5-17/h6,9-12,14-15,17-18,22-23,26,35-36H,2-5,7-8,13H2,1H3,(H,32,37)(H,31,33,34). The third kappa shape index (κ3) is 4.42. The molecular weight excluding hydrogens is 494 g/mol. The van der Waals surface area contributed by atoms with E-state index in [9.17, 15) is 4.79 Å². The number of imidazole rings is 1. The van der Waals surface area contributed by atoms with E-state index in [1.54, 1.807) is 17.5 Å². The molecule has 0 aromatic carbocycles. The number of carbonyl (C=O) groups excluding carboxylic acids is 1. The smallest absolute Gasteiger partial charge is 0.227 e. The van der Waals surface area contributed by atoms with Crippen LogP contribution in [0.15, 0.2) is 42.9 Å². The molecule has 0 spiro atoms. The second-order valence-electron chi connectivity index (χ2n) is 11.1. The molecule has 2 saturated carbocycles. The summed E-state index contributed by atoms with van der Waals surface area (Å²) in [6.45, 7) is 2.13. The first kappa shape index (κ1) is 23.9. The van der Waals surface area contributed by atoms with Gasteiger partial charge >= 0.3 is 0 Å². The molecule has 4 aromatic rings. The molecule has 9 heteroatoms. The van der Waals surface area contributed by atoms with Crippen molar-refractivity contribution in [3.63, 3.8) is 0 Å². The molecule has 4 N–H and O–H groups in total. The van der Waals surface area contributed by atoms with Crippen LogP contribution in [0.5, 0.6) is 0 Å². The van der Waals surface area contributed by atoms with E-state index in [0.717, 1.165) is 73.2 Å². The quantitative estimate of drug-likeness (QED) is 0.268. The second-order valence-corrected chi connectivity index (χ2v) is 12.4. The monoisotopic (exact) mass is 527 g/mol. The molecule has 0 radical (unpaired) electrons. The van der Waals surface area contributed by atoms with Crippen molar-refractivity contribution in [2.45, 2.75) is 69.9 Å². The van der Waals surface area contributed by atoms with E-state index < -0.39 is 0 Å². The van der Waals surface area contributed by atoms with E-state index in [0.29, 0.717) is 17.9 Å². The maximum Gasteiger partial charge on any atom is 0.227 e. The molecule has 2 aliphatic carbocycles. The summed E-state index contributed by atoms with van der Waals surface area (Å²) in [5, 5.41) is 3.13. The number of rotatable bonds is 5. The van der Waals surface area contributed by atoms with Crippen molar-refractivity contribution in [3.05, 3.63) is 59.1 Å². The van der Waals surface area contributed by atoms with Crippen LogP contribution in [0.4, 0.5) is 5.69 Å². The first-order valence-corrected chi connectivity index (χ1v) is 14.6. The number of aryl methyl sites for hydroxylation is 1. The molecule has 38 heavy (non-hydrogen) atoms. The lowest BCUT2D eigenvalue weighted by Crippen LogP contribution is -2.34. The fourth-order valence-corrected chi connectivity index (χ4v) is 7.57. The van der Waals surface area contributed by atoms with Crippen molar-refractivity contribution in [2.24, 2.45) is 11.8 Å². The number of H-pyrrole nitrogens is 1. The Morgan fingerprint density at radius 1 is 1.08 bits per heavy atom. The van der Waals surface area contributed by atoms with Crippen LogP contribution >= 0.6 is 11.3 Å². The van der Waals surface area contributed by atoms with Gasteiger partial charge in [-0.05, 0) is 80.7 Å². The number of nitrogens with zero attached hydrogens (tertiary/aromatic N) is 3. The molecule has 4 aromatic heterocycles. The second kappa shape index (κ2) is 9.87. The third-order valence-electron chi connectivity index (χ3n) is 8.69. The number of anilines is 1. The van der Waals surface area contributed by atoms with Crippen LogP contribution in [0.3, 0.4) is 0 Å². The molecule has 3 aliphatic rings. The number of hydrazine groups is 1. The van der Waals surface area contributed by atoms with Gasteiger partial charge in [-0.15, -0.1) is 11.3 Å². The summed E-state index contributed by atoms with van der Waals surface area (Å²) in [6.07, 6.45) is 13.1. The van der Waals surface area contributed by atoms with Gasteiger partial charge in [0.2, 0.25) is 5.91 Å². The molecule has 1 aliphatic heterocycles. The van der Waals surface area contributed by atoms with Crippen molar-refractivity contribution in [2.75, 3.05) is 5.32 Å². The van der Waals surface area contributed by atoms with Crippen molar-refractivity contribution in [1.82, 2.24) is 30.8 Å². The highest BCUT2D eigenvalue weighted by molar-refractivity contribution is 7.15. The molecule has 1 amide bonds. The number of nitrogens with one attached hydrogen (secondary N) is 4. The molecule has 5 heterocycles. The molecule has 4 atom stereocenters. The fourth-order valence-electron chi connectivity index (χ4n) is 6.67. The maximum absolute atomic E-state index is 12.7. The van der Waals surface area contributed by atoms with Gasteiger partial charge in [-0.2, -0.15) is 0 Å². The Morgan fingerprint density at radius 2 is 1.97 bits per heavy atom. The van der Waals surface area contributed by atoms with Crippen molar-refractivity contribution in [3.8, 4) is 10.4 Å². The van der Waals surface area contributed by atoms with Crippen LogP contribution in [0.1, 0.15) is 73.2 Å². The van der Waals surface area contributed by atoms with Crippen molar-refractivity contribution < 1.29 is 4.79 Å². The summed E-state index contributed by atoms with van der Waals surface area (Å²) in [6, 6.07) is 9.01. The number of thiophene rings is 1. The van der Waals surface area contributed by atoms with Gasteiger partial charge in [0.1, 0.15) is 5.82 Å². The van der Waals surface area contributed by atoms with Gasteiger partial charge in [0.15, 0.2) is 5.65 Å². The summed E-state index contributed by atoms with van der Waals surface area (Å²) in [5.41, 5.74) is 12.0. The average molecular weight is 528 g/mol. The lowest BCUT2D eigenvalue weighted by atomic mass is 9.73. The highest BCUT2D eigenvalue weighted by atomic mass is 32.1. The van der Waals surface area contributed by atoms with Gasteiger partial charge in [-0.3, -0.25) is 15.2 Å². The van der Waals surface area contributed by atoms with E-state index in [1.165, 1.54) is 15.3 Å². The van der Waals surface area contributed by atoms with Crippen LogP contribution in [-0.4, -0.2) is 31.9 Å². The highest BCUT2D eigenvalue weighted by Crippen LogP contribution is 2.44. The summed E-state index contributed by atoms with van der Waals surface area (Å²) >= 11 is 1.79. The molecular formula is C29H33N7OS. The third-order valence-corrected chi connectivity index (χ3v) is 9.72. The highest BCUT2D eigenvalue weighted by Gasteiger charge is 2.43. The van der Waals surface area contributed by atoms with Crippen LogP contribution in [0.25, 0.3) is 21.6 Å². The normalized spacial score (nSPS) is 25.6. The van der Waals surface area contributed by atoms with Gasteiger partial charge < -0.3 is 10.3 Å². The van der Waals surface area contributed by atoms with Crippen LogP contribution in [0.2, 0.25) is 0 Å². The summed E-state index contributed by atoms with van der Waals surface area (Å²) in [7, 11) is 0. The van der Waals surface area contributed by atoms with Crippen molar-refractivity contribution in [1.29, 1.82) is 0 Å². The van der Waals surface area contributed by atoms with Gasteiger partial charge in [0, 0.05) is 39.7 Å². The lowest BCUT2D eigenvalue weighted by molar-refractivity contribution is -0.119. The molecule has 3 fully saturated rings. The van der Waals surface area contributed by atoms with Crippen LogP contribution < -0.4 is 16.2 Å². The minimum Gasteiger partial charge on any atom is -0.339 e. The number of pyridine rings is 2. The Morgan fingerprint density at radius 3 is 2.82 bits per heavy atom. The number of aromatic nitrogens is 4. The molecule has 1 saturated heterocycles. The molecule has 7 rings (SSSR count). The van der Waals surface area contributed by atoms with Crippen molar-refractivity contribution >= 4 is 34.1 Å². The Kier molecular flexibility index (Phi) is 6.22. The van der Waals surface area contributed by atoms with Crippen LogP contribution in [0, 0.1) is 18.8 Å². The Balaban J connectivity index is 1.11. The Bertz CT molecular complexity index is 1470. The van der Waals surface area contributed by atoms with E-state index in [2.05, 4.69) is 62.3 Å². The van der Waals surface area contributed by atoms with Crippen LogP contribution in [-0.2, 0) is 4.79 Å². The number of amides is 1. The molecule has 4 unspecified atom stereocenters. The first-order valence-electron chi connectivity index (χ1n) is 13.8. The average Bonchev–Trinajstić information content (AvgIpc) is 3.74. The van der Waals surface area contributed by atoms with E-state index in [4.69, 9.17) is 4.98 Å². The lowest BCUT2D eigenvalue weighted by Gasteiger charge is -2.33. The minimum atomic E-state index is 0.0770. The predicted octanol–water partition coefficient (Wildman–Crippen LogP) is 5.62. The number of aromatic amines is 1. The summed E-state index contributed by atoms with van der Waals surface area (Å²) < 4.78 is 0. The van der Waals surface area contributed by atoms with Gasteiger partial charge in [-0.25, -0.2) is 15.4 Å². The van der Waals surface area contributed by atoms with Gasteiger partial charge in [-0.1, -0.05) is 12.8 Å². The van der Waals surface area contributed by atoms with Gasteiger partial charge in [0.05, 0.1) is 23.4 Å². The van der Waals surface area contributed by atoms with E-state index in [-0.39, 0.29) is 17.9 Å². The minimum absolute atomic E-state index is 0.0770. The fraction of sp³-hybridized carbons (Fsp3) is 0.448. The number of hydrogen-bond acceptors (Lipinski definition) is 7. The van der Waals surface area contributed by atoms with E-state index >= 15 is 0 Å². The zero-order valence-corrected chi connectivity index (χ0v) is 22.4. The zero-order chi connectivity index (χ0) is 25.6. The van der Waals surface area contributed by atoms with E-state index in [1.807, 2.05) is 12.4 Å². The number of fused-ring (bicyclic) bond motifs is 2. The number of carbonyl (C=O) groups is 1. The zero-order valence-electron chi connectivity index (χ0n) is 21.5. The molecule has 196 valence electrons. The topological polar surface area (TPSA) is 108 Å². The Hall–Kier alpha value is -3.14. The maximum atomic E-state index is 12.7.